The molecule has 0 bridgehead atoms. The molecule has 3 nitrogen and oxygen atoms in total. The maximum Gasteiger partial charge on any atom is 0.142 e. The molecule has 0 spiro atoms. The van der Waals surface area contributed by atoms with Crippen LogP contribution in [-0.4, -0.2) is 15.6 Å². The van der Waals surface area contributed by atoms with Crippen LogP contribution in [0.3, 0.4) is 0 Å². The number of hydrogen-bond acceptors (Lipinski definition) is 2. The highest BCUT2D eigenvalue weighted by molar-refractivity contribution is 5.90. The first-order valence-corrected chi connectivity index (χ1v) is 6.10. The first-order valence-electron chi connectivity index (χ1n) is 6.10. The molecule has 1 aliphatic rings. The summed E-state index contributed by atoms with van der Waals surface area (Å²) in [5, 5.41) is 5.57. The van der Waals surface area contributed by atoms with Gasteiger partial charge in [-0.05, 0) is 18.4 Å². The van der Waals surface area contributed by atoms with Gasteiger partial charge in [-0.3, -0.25) is 9.48 Å². The first kappa shape index (κ1) is 10.5. The predicted molar refractivity (Wildman–Crippen MR) is 66.7 cm³/mol. The van der Waals surface area contributed by atoms with E-state index >= 15 is 0 Å². The third kappa shape index (κ3) is 1.75. The molecule has 2 unspecified atom stereocenters. The Bertz CT molecular complexity index is 585. The van der Waals surface area contributed by atoms with Crippen molar-refractivity contribution in [2.75, 3.05) is 0 Å². The van der Waals surface area contributed by atoms with Crippen LogP contribution in [0.5, 0.6) is 0 Å². The van der Waals surface area contributed by atoms with Crippen LogP contribution in [0.1, 0.15) is 19.0 Å². The Balaban J connectivity index is 1.92. The number of rotatable bonds is 3. The van der Waals surface area contributed by atoms with Gasteiger partial charge in [-0.25, -0.2) is 0 Å². The number of carbonyl (C=O) groups is 1. The molecule has 3 rings (SSSR count). The van der Waals surface area contributed by atoms with Crippen molar-refractivity contribution in [1.82, 2.24) is 9.78 Å². The molecular formula is C14H16N2O. The largest absolute Gasteiger partial charge is 0.299 e. The Morgan fingerprint density at radius 2 is 2.18 bits per heavy atom. The summed E-state index contributed by atoms with van der Waals surface area (Å²) in [6, 6.07) is 8.08. The monoisotopic (exact) mass is 228 g/mol. The van der Waals surface area contributed by atoms with Crippen molar-refractivity contribution < 1.29 is 4.79 Å². The first-order chi connectivity index (χ1) is 8.16. The van der Waals surface area contributed by atoms with Crippen LogP contribution in [0.2, 0.25) is 0 Å². The van der Waals surface area contributed by atoms with Crippen LogP contribution in [0, 0.1) is 11.8 Å². The number of ketones is 1. The third-order valence-corrected chi connectivity index (χ3v) is 3.70. The highest BCUT2D eigenvalue weighted by Gasteiger charge is 2.38. The van der Waals surface area contributed by atoms with Gasteiger partial charge in [0.1, 0.15) is 5.78 Å². The van der Waals surface area contributed by atoms with Crippen molar-refractivity contribution in [3.63, 3.8) is 0 Å². The van der Waals surface area contributed by atoms with E-state index in [0.29, 0.717) is 18.1 Å². The van der Waals surface area contributed by atoms with Gasteiger partial charge < -0.3 is 0 Å². The average molecular weight is 228 g/mol. The van der Waals surface area contributed by atoms with Crippen LogP contribution >= 0.6 is 0 Å². The number of para-hydroxylation sites is 1. The van der Waals surface area contributed by atoms with Crippen molar-refractivity contribution in [2.24, 2.45) is 18.9 Å². The molecule has 1 fully saturated rings. The molecule has 0 N–H and O–H groups in total. The average Bonchev–Trinajstić information content (AvgIpc) is 2.97. The zero-order valence-corrected chi connectivity index (χ0v) is 10.2. The van der Waals surface area contributed by atoms with Crippen molar-refractivity contribution >= 4 is 16.7 Å². The summed E-state index contributed by atoms with van der Waals surface area (Å²) in [4.78, 5) is 12.0. The minimum atomic E-state index is 0.288. The van der Waals surface area contributed by atoms with Gasteiger partial charge >= 0.3 is 0 Å². The lowest BCUT2D eigenvalue weighted by Gasteiger charge is -1.96. The molecule has 1 saturated carbocycles. The molecule has 0 radical (unpaired) electrons. The van der Waals surface area contributed by atoms with Crippen LogP contribution in [0.25, 0.3) is 10.9 Å². The lowest BCUT2D eigenvalue weighted by molar-refractivity contribution is -0.119. The predicted octanol–water partition coefficient (Wildman–Crippen LogP) is 2.34. The fourth-order valence-electron chi connectivity index (χ4n) is 2.49. The number of benzene rings is 1. The van der Waals surface area contributed by atoms with E-state index in [4.69, 9.17) is 0 Å². The number of carbonyl (C=O) groups excluding carboxylic acids is 1. The lowest BCUT2D eigenvalue weighted by Crippen LogP contribution is -2.07. The minimum Gasteiger partial charge on any atom is -0.299 e. The van der Waals surface area contributed by atoms with Gasteiger partial charge in [-0.2, -0.15) is 5.10 Å². The summed E-state index contributed by atoms with van der Waals surface area (Å²) >= 11 is 0. The van der Waals surface area contributed by atoms with E-state index in [2.05, 4.69) is 12.0 Å². The van der Waals surface area contributed by atoms with Crippen molar-refractivity contribution in [3.8, 4) is 0 Å². The van der Waals surface area contributed by atoms with Gasteiger partial charge in [0, 0.05) is 18.4 Å². The molecule has 1 aromatic carbocycles. The number of aromatic nitrogens is 2. The Morgan fingerprint density at radius 3 is 2.88 bits per heavy atom. The molecule has 17 heavy (non-hydrogen) atoms. The second kappa shape index (κ2) is 3.69. The summed E-state index contributed by atoms with van der Waals surface area (Å²) in [5.41, 5.74) is 2.02. The topological polar surface area (TPSA) is 34.9 Å². The molecule has 2 atom stereocenters. The third-order valence-electron chi connectivity index (χ3n) is 3.70. The van der Waals surface area contributed by atoms with E-state index in [1.165, 1.54) is 0 Å². The molecule has 0 amide bonds. The lowest BCUT2D eigenvalue weighted by atomic mass is 10.1. The number of aryl methyl sites for hydroxylation is 1. The molecule has 0 aliphatic heterocycles. The maximum absolute atomic E-state index is 12.0. The Labute approximate surface area is 100 Å². The fourth-order valence-corrected chi connectivity index (χ4v) is 2.49. The zero-order chi connectivity index (χ0) is 12.0. The Kier molecular flexibility index (Phi) is 2.28. The Morgan fingerprint density at radius 1 is 1.47 bits per heavy atom. The van der Waals surface area contributed by atoms with Crippen molar-refractivity contribution in [2.45, 2.75) is 19.8 Å². The van der Waals surface area contributed by atoms with E-state index in [9.17, 15) is 4.79 Å². The molecule has 1 aromatic heterocycles. The standard InChI is InChI=1S/C14H16N2O/c1-9-7-11(9)14(17)8-12-10-5-3-4-6-13(10)16(2)15-12/h3-6,9,11H,7-8H2,1-2H3. The number of fused-ring (bicyclic) bond motifs is 1. The quantitative estimate of drug-likeness (QED) is 0.808. The summed E-state index contributed by atoms with van der Waals surface area (Å²) in [7, 11) is 1.93. The normalized spacial score (nSPS) is 22.9. The number of nitrogens with zero attached hydrogens (tertiary/aromatic N) is 2. The molecule has 3 heteroatoms. The smallest absolute Gasteiger partial charge is 0.142 e. The second-order valence-electron chi connectivity index (χ2n) is 5.05. The molecular weight excluding hydrogens is 212 g/mol. The van der Waals surface area contributed by atoms with E-state index < -0.39 is 0 Å². The van der Waals surface area contributed by atoms with E-state index in [-0.39, 0.29) is 5.92 Å². The van der Waals surface area contributed by atoms with Crippen molar-refractivity contribution in [3.05, 3.63) is 30.0 Å². The van der Waals surface area contributed by atoms with E-state index in [1.54, 1.807) is 0 Å². The summed E-state index contributed by atoms with van der Waals surface area (Å²) in [6.45, 7) is 2.14. The molecule has 1 heterocycles. The molecule has 1 aliphatic carbocycles. The molecule has 0 saturated heterocycles. The minimum absolute atomic E-state index is 0.288. The van der Waals surface area contributed by atoms with Gasteiger partial charge in [0.2, 0.25) is 0 Å². The van der Waals surface area contributed by atoms with Crippen LogP contribution in [-0.2, 0) is 18.3 Å². The van der Waals surface area contributed by atoms with Gasteiger partial charge in [0.15, 0.2) is 0 Å². The molecule has 88 valence electrons. The number of Topliss-reactive ketones (excluding diaryl/α,β-unsaturated/α-hetero) is 1. The van der Waals surface area contributed by atoms with Gasteiger partial charge in [0.25, 0.3) is 0 Å². The molecule has 2 aromatic rings. The zero-order valence-electron chi connectivity index (χ0n) is 10.2. The fraction of sp³-hybridized carbons (Fsp3) is 0.429. The highest BCUT2D eigenvalue weighted by atomic mass is 16.1. The summed E-state index contributed by atoms with van der Waals surface area (Å²) < 4.78 is 1.86. The van der Waals surface area contributed by atoms with Gasteiger partial charge in [0.05, 0.1) is 17.6 Å². The van der Waals surface area contributed by atoms with Crippen LogP contribution in [0.15, 0.2) is 24.3 Å². The van der Waals surface area contributed by atoms with Crippen LogP contribution < -0.4 is 0 Å². The van der Waals surface area contributed by atoms with Gasteiger partial charge in [-0.15, -0.1) is 0 Å². The van der Waals surface area contributed by atoms with Crippen LogP contribution in [0.4, 0.5) is 0 Å². The van der Waals surface area contributed by atoms with Gasteiger partial charge in [-0.1, -0.05) is 25.1 Å². The van der Waals surface area contributed by atoms with E-state index in [1.807, 2.05) is 36.0 Å². The number of hydrogen-bond donors (Lipinski definition) is 0. The SMILES string of the molecule is CC1CC1C(=O)Cc1nn(C)c2ccccc12. The summed E-state index contributed by atoms with van der Waals surface area (Å²) in [5.74, 6) is 1.22. The maximum atomic E-state index is 12.0. The highest BCUT2D eigenvalue weighted by Crippen LogP contribution is 2.39. The van der Waals surface area contributed by atoms with Crippen molar-refractivity contribution in [1.29, 1.82) is 0 Å². The Hall–Kier alpha value is -1.64. The summed E-state index contributed by atoms with van der Waals surface area (Å²) in [6.07, 6.45) is 1.54. The second-order valence-corrected chi connectivity index (χ2v) is 5.05. The van der Waals surface area contributed by atoms with E-state index in [0.717, 1.165) is 23.0 Å².